The molecule has 0 amide bonds. The van der Waals surface area contributed by atoms with E-state index in [4.69, 9.17) is 5.73 Å². The zero-order valence-electron chi connectivity index (χ0n) is 10.2. The summed E-state index contributed by atoms with van der Waals surface area (Å²) >= 11 is 0. The first kappa shape index (κ1) is 12.9. The molecule has 0 aromatic rings. The van der Waals surface area contributed by atoms with E-state index in [2.05, 4.69) is 23.9 Å². The van der Waals surface area contributed by atoms with Crippen molar-refractivity contribution in [2.24, 2.45) is 11.7 Å². The lowest BCUT2D eigenvalue weighted by molar-refractivity contribution is 0.114. The molecule has 0 heterocycles. The van der Waals surface area contributed by atoms with E-state index in [-0.39, 0.29) is 18.7 Å². The Hall–Kier alpha value is -0.160. The predicted octanol–water partition coefficient (Wildman–Crippen LogP) is -0.422. The number of aliphatic hydroxyl groups excluding tert-OH is 1. The van der Waals surface area contributed by atoms with Gasteiger partial charge in [0.15, 0.2) is 0 Å². The molecule has 4 heteroatoms. The Morgan fingerprint density at radius 3 is 2.27 bits per heavy atom. The van der Waals surface area contributed by atoms with Gasteiger partial charge in [0.25, 0.3) is 0 Å². The van der Waals surface area contributed by atoms with Crippen LogP contribution in [0.4, 0.5) is 0 Å². The first-order valence-electron chi connectivity index (χ1n) is 5.77. The zero-order chi connectivity index (χ0) is 11.4. The Labute approximate surface area is 93.0 Å². The van der Waals surface area contributed by atoms with Crippen LogP contribution in [0.1, 0.15) is 12.8 Å². The number of hydrogen-bond acceptors (Lipinski definition) is 4. The fourth-order valence-electron chi connectivity index (χ4n) is 1.87. The second-order valence-electron chi connectivity index (χ2n) is 4.95. The van der Waals surface area contributed by atoms with E-state index in [1.54, 1.807) is 0 Å². The number of nitrogens with two attached hydrogens (primary N) is 1. The highest BCUT2D eigenvalue weighted by Gasteiger charge is 2.35. The number of aliphatic hydroxyl groups is 1. The molecule has 1 saturated carbocycles. The van der Waals surface area contributed by atoms with E-state index in [1.807, 2.05) is 7.05 Å². The fourth-order valence-corrected chi connectivity index (χ4v) is 1.87. The summed E-state index contributed by atoms with van der Waals surface area (Å²) in [5.74, 6) is 0.643. The van der Waals surface area contributed by atoms with E-state index in [9.17, 15) is 5.11 Å². The number of nitrogens with zero attached hydrogens (tertiary/aromatic N) is 2. The molecule has 15 heavy (non-hydrogen) atoms. The molecule has 0 saturated heterocycles. The van der Waals surface area contributed by atoms with Crippen molar-refractivity contribution in [2.75, 3.05) is 40.8 Å². The molecule has 2 atom stereocenters. The molecule has 0 radical (unpaired) electrons. The van der Waals surface area contributed by atoms with Crippen molar-refractivity contribution in [3.8, 4) is 0 Å². The van der Waals surface area contributed by atoms with Gasteiger partial charge in [-0.1, -0.05) is 0 Å². The summed E-state index contributed by atoms with van der Waals surface area (Å²) in [7, 11) is 6.16. The smallest absolute Gasteiger partial charge is 0.0601 e. The molecule has 1 aliphatic carbocycles. The van der Waals surface area contributed by atoms with E-state index < -0.39 is 0 Å². The van der Waals surface area contributed by atoms with Gasteiger partial charge in [-0.05, 0) is 39.9 Å². The molecule has 1 fully saturated rings. The Kier molecular flexibility index (Phi) is 4.99. The second kappa shape index (κ2) is 5.80. The van der Waals surface area contributed by atoms with Crippen molar-refractivity contribution in [3.63, 3.8) is 0 Å². The number of likely N-dealkylation sites (N-methyl/N-ethyl adjacent to an activating group) is 2. The third kappa shape index (κ3) is 4.07. The molecule has 3 N–H and O–H groups in total. The van der Waals surface area contributed by atoms with Crippen LogP contribution in [0.25, 0.3) is 0 Å². The topological polar surface area (TPSA) is 52.7 Å². The third-order valence-corrected chi connectivity index (χ3v) is 3.26. The number of hydrogen-bond donors (Lipinski definition) is 2. The molecule has 0 aliphatic heterocycles. The Morgan fingerprint density at radius 2 is 1.87 bits per heavy atom. The van der Waals surface area contributed by atoms with Gasteiger partial charge in [-0.15, -0.1) is 0 Å². The lowest BCUT2D eigenvalue weighted by Crippen LogP contribution is -2.51. The highest BCUT2D eigenvalue weighted by molar-refractivity contribution is 4.92. The maximum atomic E-state index is 9.37. The van der Waals surface area contributed by atoms with Gasteiger partial charge in [0.05, 0.1) is 6.61 Å². The van der Waals surface area contributed by atoms with Gasteiger partial charge >= 0.3 is 0 Å². The molecule has 0 bridgehead atoms. The number of rotatable bonds is 7. The summed E-state index contributed by atoms with van der Waals surface area (Å²) in [6.45, 7) is 2.13. The van der Waals surface area contributed by atoms with Gasteiger partial charge in [0.1, 0.15) is 0 Å². The quantitative estimate of drug-likeness (QED) is 0.605. The molecule has 1 aliphatic rings. The van der Waals surface area contributed by atoms with Crippen LogP contribution in [0.15, 0.2) is 0 Å². The normalized spacial score (nSPS) is 21.0. The predicted molar refractivity (Wildman–Crippen MR) is 62.8 cm³/mol. The molecule has 4 nitrogen and oxygen atoms in total. The van der Waals surface area contributed by atoms with Gasteiger partial charge in [0.2, 0.25) is 0 Å². The van der Waals surface area contributed by atoms with E-state index >= 15 is 0 Å². The fraction of sp³-hybridized carbons (Fsp3) is 1.00. The molecule has 1 rings (SSSR count). The zero-order valence-corrected chi connectivity index (χ0v) is 10.2. The van der Waals surface area contributed by atoms with Crippen LogP contribution < -0.4 is 5.73 Å². The molecular weight excluding hydrogens is 190 g/mol. The Morgan fingerprint density at radius 1 is 1.27 bits per heavy atom. The average molecular weight is 215 g/mol. The van der Waals surface area contributed by atoms with Crippen LogP contribution in [-0.2, 0) is 0 Å². The molecule has 0 spiro atoms. The van der Waals surface area contributed by atoms with Crippen LogP contribution in [0.2, 0.25) is 0 Å². The lowest BCUT2D eigenvalue weighted by atomic mass is 10.0. The van der Waals surface area contributed by atoms with Crippen LogP contribution in [0.3, 0.4) is 0 Å². The third-order valence-electron chi connectivity index (χ3n) is 3.26. The van der Waals surface area contributed by atoms with Crippen molar-refractivity contribution < 1.29 is 5.11 Å². The molecule has 90 valence electrons. The highest BCUT2D eigenvalue weighted by atomic mass is 16.3. The maximum absolute atomic E-state index is 9.37. The van der Waals surface area contributed by atoms with Crippen molar-refractivity contribution in [1.82, 2.24) is 9.80 Å². The summed E-state index contributed by atoms with van der Waals surface area (Å²) in [6, 6.07) is 0.264. The average Bonchev–Trinajstić information content (AvgIpc) is 2.98. The van der Waals surface area contributed by atoms with Gasteiger partial charge in [-0.3, -0.25) is 4.90 Å². The molecule has 2 unspecified atom stereocenters. The van der Waals surface area contributed by atoms with Crippen molar-refractivity contribution in [1.29, 1.82) is 0 Å². The van der Waals surface area contributed by atoms with E-state index in [1.165, 1.54) is 12.8 Å². The van der Waals surface area contributed by atoms with Gasteiger partial charge < -0.3 is 15.7 Å². The monoisotopic (exact) mass is 215 g/mol. The summed E-state index contributed by atoms with van der Waals surface area (Å²) in [5.41, 5.74) is 6.13. The first-order valence-corrected chi connectivity index (χ1v) is 5.77. The first-order chi connectivity index (χ1) is 7.06. The van der Waals surface area contributed by atoms with Gasteiger partial charge in [-0.25, -0.2) is 0 Å². The lowest BCUT2D eigenvalue weighted by Gasteiger charge is -2.32. The van der Waals surface area contributed by atoms with Crippen LogP contribution in [0, 0.1) is 5.92 Å². The van der Waals surface area contributed by atoms with Gasteiger partial charge in [-0.2, -0.15) is 0 Å². The SMILES string of the molecule is CN(C)CCN(C)C(CO)C(N)C1CC1. The summed E-state index contributed by atoms with van der Waals surface area (Å²) in [6.07, 6.45) is 2.47. The molecular formula is C11H25N3O. The Bertz CT molecular complexity index is 183. The minimum atomic E-state index is 0.123. The maximum Gasteiger partial charge on any atom is 0.0601 e. The minimum absolute atomic E-state index is 0.123. The van der Waals surface area contributed by atoms with Crippen LogP contribution in [-0.4, -0.2) is 67.8 Å². The van der Waals surface area contributed by atoms with Crippen molar-refractivity contribution >= 4 is 0 Å². The van der Waals surface area contributed by atoms with Crippen LogP contribution in [0.5, 0.6) is 0 Å². The van der Waals surface area contributed by atoms with Gasteiger partial charge in [0, 0.05) is 25.2 Å². The minimum Gasteiger partial charge on any atom is -0.395 e. The second-order valence-corrected chi connectivity index (χ2v) is 4.95. The Balaban J connectivity index is 2.34. The van der Waals surface area contributed by atoms with Crippen LogP contribution >= 0.6 is 0 Å². The largest absolute Gasteiger partial charge is 0.395 e. The van der Waals surface area contributed by atoms with Crippen molar-refractivity contribution in [2.45, 2.75) is 24.9 Å². The summed E-state index contributed by atoms with van der Waals surface area (Å²) in [4.78, 5) is 4.33. The van der Waals surface area contributed by atoms with E-state index in [0.717, 1.165) is 13.1 Å². The van der Waals surface area contributed by atoms with E-state index in [0.29, 0.717) is 5.92 Å². The van der Waals surface area contributed by atoms with Crippen molar-refractivity contribution in [3.05, 3.63) is 0 Å². The standard InChI is InChI=1S/C11H25N3O/c1-13(2)6-7-14(3)10(8-15)11(12)9-4-5-9/h9-11,15H,4-8,12H2,1-3H3. The molecule has 0 aromatic heterocycles. The highest BCUT2D eigenvalue weighted by Crippen LogP contribution is 2.33. The summed E-state index contributed by atoms with van der Waals surface area (Å²) < 4.78 is 0. The summed E-state index contributed by atoms with van der Waals surface area (Å²) in [5, 5.41) is 9.37. The molecule has 0 aromatic carbocycles.